The van der Waals surface area contributed by atoms with E-state index in [1.54, 1.807) is 0 Å². The molecule has 1 fully saturated rings. The fraction of sp³-hybridized carbons (Fsp3) is 0.321. The fourth-order valence-electron chi connectivity index (χ4n) is 3.97. The van der Waals surface area contributed by atoms with Crippen LogP contribution in [0.4, 0.5) is 0 Å². The predicted octanol–water partition coefficient (Wildman–Crippen LogP) is 4.78. The molecule has 6 heteroatoms. The van der Waals surface area contributed by atoms with Crippen LogP contribution in [0.1, 0.15) is 39.9 Å². The summed E-state index contributed by atoms with van der Waals surface area (Å²) in [6.07, 6.45) is 2.49. The summed E-state index contributed by atoms with van der Waals surface area (Å²) in [4.78, 5) is 15.2. The van der Waals surface area contributed by atoms with Crippen molar-refractivity contribution in [3.05, 3.63) is 95.1 Å². The van der Waals surface area contributed by atoms with E-state index in [9.17, 15) is 4.79 Å². The molecule has 1 aliphatic heterocycles. The Morgan fingerprint density at radius 3 is 2.15 bits per heavy atom. The average molecular weight is 532 g/mol. The number of carbonyl (C=O) groups is 1. The minimum atomic E-state index is -0.142. The summed E-state index contributed by atoms with van der Waals surface area (Å²) in [6.45, 7) is 6.46. The van der Waals surface area contributed by atoms with Gasteiger partial charge in [-0.05, 0) is 37.1 Å². The maximum atomic E-state index is 12.8. The van der Waals surface area contributed by atoms with Gasteiger partial charge in [-0.1, -0.05) is 84.8 Å². The molecule has 3 aromatic rings. The van der Waals surface area contributed by atoms with Crippen molar-refractivity contribution in [1.82, 2.24) is 10.2 Å². The Labute approximate surface area is 227 Å². The largest absolute Gasteiger partial charge is 0.528 e. The summed E-state index contributed by atoms with van der Waals surface area (Å²) >= 11 is 0. The number of rotatable bonds is 10. The molecule has 0 aliphatic carbocycles. The smallest absolute Gasteiger partial charge is 0.165 e. The first-order valence-electron chi connectivity index (χ1n) is 11.6. The molecule has 4 rings (SSSR count). The maximum absolute atomic E-state index is 12.8. The zero-order valence-electron chi connectivity index (χ0n) is 19.8. The molecule has 1 amide bonds. The summed E-state index contributed by atoms with van der Waals surface area (Å²) in [5.41, 5.74) is 3.41. The second-order valence-corrected chi connectivity index (χ2v) is 8.38. The minimum absolute atomic E-state index is 0. The fourth-order valence-corrected chi connectivity index (χ4v) is 3.97. The third kappa shape index (κ3) is 7.66. The third-order valence-electron chi connectivity index (χ3n) is 5.78. The van der Waals surface area contributed by atoms with E-state index in [2.05, 4.69) is 16.3 Å². The molecule has 1 aliphatic rings. The summed E-state index contributed by atoms with van der Waals surface area (Å²) < 4.78 is 12.2. The van der Waals surface area contributed by atoms with Crippen molar-refractivity contribution in [3.63, 3.8) is 0 Å². The van der Waals surface area contributed by atoms with Gasteiger partial charge in [-0.15, -0.1) is 6.07 Å². The van der Waals surface area contributed by atoms with E-state index in [1.165, 1.54) is 12.8 Å². The number of amides is 1. The quantitative estimate of drug-likeness (QED) is 0.382. The van der Waals surface area contributed by atoms with E-state index in [-0.39, 0.29) is 38.6 Å². The minimum Gasteiger partial charge on any atom is -0.528 e. The van der Waals surface area contributed by atoms with Crippen LogP contribution in [-0.4, -0.2) is 37.0 Å². The molecule has 1 N–H and O–H groups in total. The van der Waals surface area contributed by atoms with Gasteiger partial charge in [0, 0.05) is 45.8 Å². The van der Waals surface area contributed by atoms with Crippen molar-refractivity contribution in [3.8, 4) is 11.5 Å². The molecule has 0 spiro atoms. The van der Waals surface area contributed by atoms with Crippen LogP contribution in [0.5, 0.6) is 11.5 Å². The third-order valence-corrected chi connectivity index (χ3v) is 5.78. The first-order chi connectivity index (χ1) is 16.2. The molecule has 3 aromatic carbocycles. The van der Waals surface area contributed by atoms with Crippen molar-refractivity contribution in [1.29, 1.82) is 0 Å². The normalized spacial score (nSPS) is 13.2. The standard InChI is InChI=1S/C28H31N2O3.Y/c1-22-18-25(28(31)29-14-17-30-15-8-9-16-30)19-26(32-20-23-10-4-2-5-11-23)27(22)33-21-24-12-6-3-7-13-24;/h2-7,10-13,18H,8-9,14-17,20-21H2,1H3,(H,29,31);/q-1;. The molecule has 0 unspecified atom stereocenters. The van der Waals surface area contributed by atoms with Crippen LogP contribution in [0, 0.1) is 13.0 Å². The van der Waals surface area contributed by atoms with E-state index < -0.39 is 0 Å². The predicted molar refractivity (Wildman–Crippen MR) is 130 cm³/mol. The van der Waals surface area contributed by atoms with Gasteiger partial charge in [0.25, 0.3) is 0 Å². The van der Waals surface area contributed by atoms with E-state index in [1.807, 2.05) is 73.7 Å². The van der Waals surface area contributed by atoms with Gasteiger partial charge < -0.3 is 24.5 Å². The molecule has 34 heavy (non-hydrogen) atoms. The number of ether oxygens (including phenoxy) is 2. The van der Waals surface area contributed by atoms with Gasteiger partial charge >= 0.3 is 0 Å². The number of nitrogens with one attached hydrogen (secondary N) is 1. The van der Waals surface area contributed by atoms with Crippen molar-refractivity contribution >= 4 is 5.91 Å². The van der Waals surface area contributed by atoms with Gasteiger partial charge in [0.05, 0.1) is 11.5 Å². The van der Waals surface area contributed by atoms with Crippen LogP contribution in [0.2, 0.25) is 0 Å². The molecule has 175 valence electrons. The number of nitrogens with zero attached hydrogens (tertiary/aromatic N) is 1. The zero-order valence-corrected chi connectivity index (χ0v) is 22.6. The molecule has 0 saturated carbocycles. The van der Waals surface area contributed by atoms with Crippen LogP contribution in [0.15, 0.2) is 66.7 Å². The van der Waals surface area contributed by atoms with E-state index in [0.717, 1.165) is 36.3 Å². The van der Waals surface area contributed by atoms with Crippen molar-refractivity contribution in [2.75, 3.05) is 26.2 Å². The molecule has 1 heterocycles. The van der Waals surface area contributed by atoms with Crippen molar-refractivity contribution in [2.45, 2.75) is 33.0 Å². The number of hydrogen-bond acceptors (Lipinski definition) is 4. The monoisotopic (exact) mass is 532 g/mol. The summed E-state index contributed by atoms with van der Waals surface area (Å²) in [7, 11) is 0. The van der Waals surface area contributed by atoms with Crippen LogP contribution < -0.4 is 14.8 Å². The van der Waals surface area contributed by atoms with Gasteiger partial charge in [0.15, 0.2) is 5.91 Å². The Morgan fingerprint density at radius 2 is 1.53 bits per heavy atom. The zero-order chi connectivity index (χ0) is 22.9. The maximum Gasteiger partial charge on any atom is 0.165 e. The van der Waals surface area contributed by atoms with Gasteiger partial charge in [-0.3, -0.25) is 0 Å². The van der Waals surface area contributed by atoms with Crippen LogP contribution >= 0.6 is 0 Å². The van der Waals surface area contributed by atoms with Gasteiger partial charge in [-0.25, -0.2) is 0 Å². The van der Waals surface area contributed by atoms with Gasteiger partial charge in [0.2, 0.25) is 0 Å². The Hall–Kier alpha value is -2.21. The summed E-state index contributed by atoms with van der Waals surface area (Å²) in [6, 6.07) is 24.9. The van der Waals surface area contributed by atoms with Gasteiger partial charge in [0.1, 0.15) is 13.2 Å². The summed E-state index contributed by atoms with van der Waals surface area (Å²) in [5.74, 6) is 0.930. The van der Waals surface area contributed by atoms with Crippen molar-refractivity contribution < 1.29 is 47.0 Å². The number of aryl methyl sites for hydroxylation is 1. The molecular weight excluding hydrogens is 501 g/mol. The topological polar surface area (TPSA) is 50.8 Å². The van der Waals surface area contributed by atoms with Gasteiger partial charge in [-0.2, -0.15) is 0 Å². The molecule has 1 radical (unpaired) electrons. The molecule has 0 aromatic heterocycles. The SMILES string of the molecule is Cc1cc(C(=O)NCCN2CCCC2)[c-]c(OCc2ccccc2)c1OCc1ccccc1.[Y]. The second kappa shape index (κ2) is 13.6. The molecule has 0 atom stereocenters. The molecule has 1 saturated heterocycles. The van der Waals surface area contributed by atoms with Crippen LogP contribution in [-0.2, 0) is 45.9 Å². The number of benzene rings is 3. The van der Waals surface area contributed by atoms with Crippen LogP contribution in [0.3, 0.4) is 0 Å². The first-order valence-corrected chi connectivity index (χ1v) is 11.6. The Balaban J connectivity index is 0.00000324. The molecule has 0 bridgehead atoms. The van der Waals surface area contributed by atoms with E-state index in [0.29, 0.717) is 36.8 Å². The van der Waals surface area contributed by atoms with E-state index in [4.69, 9.17) is 9.47 Å². The van der Waals surface area contributed by atoms with E-state index >= 15 is 0 Å². The first kappa shape index (κ1) is 26.4. The molecular formula is C28H31N2O3Y-. The number of hydrogen-bond donors (Lipinski definition) is 1. The second-order valence-electron chi connectivity index (χ2n) is 8.38. The van der Waals surface area contributed by atoms with Crippen molar-refractivity contribution in [2.24, 2.45) is 0 Å². The van der Waals surface area contributed by atoms with Crippen LogP contribution in [0.25, 0.3) is 0 Å². The Kier molecular flexibility index (Phi) is 10.6. The number of likely N-dealkylation sites (tertiary alicyclic amines) is 1. The Bertz CT molecular complexity index is 1040. The average Bonchev–Trinajstić information content (AvgIpc) is 3.36. The summed E-state index contributed by atoms with van der Waals surface area (Å²) in [5, 5.41) is 3.02. The Morgan fingerprint density at radius 1 is 0.941 bits per heavy atom. The molecule has 5 nitrogen and oxygen atoms in total. The number of carbonyl (C=O) groups excluding carboxylic acids is 1.